The van der Waals surface area contributed by atoms with Gasteiger partial charge in [-0.3, -0.25) is 0 Å². The molecule has 0 spiro atoms. The molecule has 0 radical (unpaired) electrons. The normalized spacial score (nSPS) is 12.9. The standard InChI is InChI=1S/C19H16.C2H6/c1-12-7-16-9-13(2)17-10-14-5-3-4-6-15(14)11-19(17)18(16)8-12;1-2/h3-6,8-11H,7H2,1-2H3;1-2H3. The molecule has 1 aliphatic rings. The average Bonchev–Trinajstić information content (AvgIpc) is 2.88. The van der Waals surface area contributed by atoms with Gasteiger partial charge in [0.15, 0.2) is 0 Å². The van der Waals surface area contributed by atoms with Crippen molar-refractivity contribution in [2.24, 2.45) is 0 Å². The summed E-state index contributed by atoms with van der Waals surface area (Å²) < 4.78 is 0. The Morgan fingerprint density at radius 3 is 2.10 bits per heavy atom. The Morgan fingerprint density at radius 2 is 1.43 bits per heavy atom. The van der Waals surface area contributed by atoms with Gasteiger partial charge < -0.3 is 0 Å². The highest BCUT2D eigenvalue weighted by molar-refractivity contribution is 6.04. The molecule has 0 amide bonds. The van der Waals surface area contributed by atoms with Gasteiger partial charge in [0.1, 0.15) is 0 Å². The first-order valence-electron chi connectivity index (χ1n) is 7.84. The van der Waals surface area contributed by atoms with E-state index in [4.69, 9.17) is 0 Å². The molecule has 0 saturated heterocycles. The van der Waals surface area contributed by atoms with Crippen LogP contribution < -0.4 is 0 Å². The van der Waals surface area contributed by atoms with Gasteiger partial charge in [0.25, 0.3) is 0 Å². The molecule has 21 heavy (non-hydrogen) atoms. The van der Waals surface area contributed by atoms with Crippen LogP contribution >= 0.6 is 0 Å². The van der Waals surface area contributed by atoms with Gasteiger partial charge >= 0.3 is 0 Å². The van der Waals surface area contributed by atoms with Crippen molar-refractivity contribution in [2.45, 2.75) is 34.1 Å². The summed E-state index contributed by atoms with van der Waals surface area (Å²) in [7, 11) is 0. The number of benzene rings is 3. The van der Waals surface area contributed by atoms with Gasteiger partial charge in [-0.25, -0.2) is 0 Å². The molecule has 0 aliphatic heterocycles. The van der Waals surface area contributed by atoms with Crippen LogP contribution in [0.5, 0.6) is 0 Å². The summed E-state index contributed by atoms with van der Waals surface area (Å²) >= 11 is 0. The van der Waals surface area contributed by atoms with Gasteiger partial charge in [0.05, 0.1) is 0 Å². The second-order valence-corrected chi connectivity index (χ2v) is 5.68. The number of aryl methyl sites for hydroxylation is 1. The lowest BCUT2D eigenvalue weighted by molar-refractivity contribution is 1.19. The number of allylic oxidation sites excluding steroid dienone is 1. The molecule has 3 aromatic rings. The predicted octanol–water partition coefficient (Wildman–Crippen LogP) is 6.29. The second kappa shape index (κ2) is 5.37. The molecular weight excluding hydrogens is 252 g/mol. The Hall–Kier alpha value is -2.08. The van der Waals surface area contributed by atoms with Gasteiger partial charge in [0.2, 0.25) is 0 Å². The van der Waals surface area contributed by atoms with Gasteiger partial charge in [-0.2, -0.15) is 0 Å². The Balaban J connectivity index is 0.000000636. The molecule has 0 saturated carbocycles. The molecule has 0 heterocycles. The minimum Gasteiger partial charge on any atom is -0.0683 e. The zero-order valence-corrected chi connectivity index (χ0v) is 13.3. The third kappa shape index (κ3) is 2.25. The molecule has 0 aromatic heterocycles. The SMILES string of the molecule is CC.CC1=Cc2c(cc(C)c3cc4ccccc4cc23)C1. The van der Waals surface area contributed by atoms with Crippen LogP contribution in [0.3, 0.4) is 0 Å². The van der Waals surface area contributed by atoms with Crippen LogP contribution in [0.1, 0.15) is 37.5 Å². The Kier molecular flexibility index (Phi) is 3.55. The van der Waals surface area contributed by atoms with Crippen LogP contribution in [0.4, 0.5) is 0 Å². The van der Waals surface area contributed by atoms with Crippen LogP contribution in [0.25, 0.3) is 27.6 Å². The third-order valence-corrected chi connectivity index (χ3v) is 4.20. The molecule has 0 bridgehead atoms. The molecule has 0 heteroatoms. The summed E-state index contributed by atoms with van der Waals surface area (Å²) in [5.74, 6) is 0. The summed E-state index contributed by atoms with van der Waals surface area (Å²) in [6, 6.07) is 15.7. The van der Waals surface area contributed by atoms with Crippen molar-refractivity contribution in [3.05, 3.63) is 64.7 Å². The lowest BCUT2D eigenvalue weighted by Crippen LogP contribution is -1.89. The van der Waals surface area contributed by atoms with Gasteiger partial charge in [0, 0.05) is 0 Å². The van der Waals surface area contributed by atoms with E-state index < -0.39 is 0 Å². The molecular formula is C21H22. The molecule has 0 fully saturated rings. The van der Waals surface area contributed by atoms with E-state index in [9.17, 15) is 0 Å². The fraction of sp³-hybridized carbons (Fsp3) is 0.238. The van der Waals surface area contributed by atoms with Crippen LogP contribution in [0.2, 0.25) is 0 Å². The van der Waals surface area contributed by atoms with Crippen LogP contribution in [0, 0.1) is 6.92 Å². The highest BCUT2D eigenvalue weighted by atomic mass is 14.2. The molecule has 0 unspecified atom stereocenters. The predicted molar refractivity (Wildman–Crippen MR) is 94.9 cm³/mol. The first-order valence-corrected chi connectivity index (χ1v) is 7.84. The number of hydrogen-bond donors (Lipinski definition) is 0. The Labute approximate surface area is 127 Å². The van der Waals surface area contributed by atoms with E-state index in [1.54, 1.807) is 0 Å². The summed E-state index contributed by atoms with van der Waals surface area (Å²) in [6.45, 7) is 8.45. The molecule has 1 aliphatic carbocycles. The number of fused-ring (bicyclic) bond motifs is 4. The van der Waals surface area contributed by atoms with Gasteiger partial charge in [-0.1, -0.05) is 55.8 Å². The molecule has 4 rings (SSSR count). The lowest BCUT2D eigenvalue weighted by Gasteiger charge is -2.10. The van der Waals surface area contributed by atoms with Crippen molar-refractivity contribution in [3.8, 4) is 0 Å². The van der Waals surface area contributed by atoms with Crippen LogP contribution in [0.15, 0.2) is 48.0 Å². The van der Waals surface area contributed by atoms with Crippen LogP contribution in [-0.2, 0) is 6.42 Å². The van der Waals surface area contributed by atoms with Crippen LogP contribution in [-0.4, -0.2) is 0 Å². The zero-order chi connectivity index (χ0) is 15.0. The van der Waals surface area contributed by atoms with E-state index in [-0.39, 0.29) is 0 Å². The lowest BCUT2D eigenvalue weighted by atomic mass is 9.94. The highest BCUT2D eigenvalue weighted by Gasteiger charge is 2.14. The quantitative estimate of drug-likeness (QED) is 0.423. The van der Waals surface area contributed by atoms with Crippen molar-refractivity contribution in [3.63, 3.8) is 0 Å². The van der Waals surface area contributed by atoms with E-state index in [1.807, 2.05) is 13.8 Å². The number of hydrogen-bond acceptors (Lipinski definition) is 0. The molecule has 0 atom stereocenters. The third-order valence-electron chi connectivity index (χ3n) is 4.20. The second-order valence-electron chi connectivity index (χ2n) is 5.68. The fourth-order valence-corrected chi connectivity index (χ4v) is 3.29. The highest BCUT2D eigenvalue weighted by Crippen LogP contribution is 2.35. The van der Waals surface area contributed by atoms with Gasteiger partial charge in [-0.05, 0) is 70.6 Å². The minimum absolute atomic E-state index is 1.11. The van der Waals surface area contributed by atoms with Crippen molar-refractivity contribution in [2.75, 3.05) is 0 Å². The Bertz CT molecular complexity index is 851. The summed E-state index contributed by atoms with van der Waals surface area (Å²) in [4.78, 5) is 0. The van der Waals surface area contributed by atoms with E-state index >= 15 is 0 Å². The maximum atomic E-state index is 2.36. The van der Waals surface area contributed by atoms with E-state index in [2.05, 4.69) is 62.4 Å². The topological polar surface area (TPSA) is 0 Å². The summed E-state index contributed by atoms with van der Waals surface area (Å²) in [5.41, 5.74) is 5.78. The van der Waals surface area contributed by atoms with Gasteiger partial charge in [-0.15, -0.1) is 0 Å². The maximum Gasteiger partial charge on any atom is -0.00603 e. The largest absolute Gasteiger partial charge is 0.0683 e. The van der Waals surface area contributed by atoms with Crippen molar-refractivity contribution < 1.29 is 0 Å². The van der Waals surface area contributed by atoms with E-state index in [1.165, 1.54) is 43.8 Å². The molecule has 106 valence electrons. The van der Waals surface area contributed by atoms with E-state index in [0.29, 0.717) is 0 Å². The van der Waals surface area contributed by atoms with Crippen molar-refractivity contribution >= 4 is 27.6 Å². The maximum absolute atomic E-state index is 2.36. The molecule has 3 aromatic carbocycles. The number of rotatable bonds is 0. The van der Waals surface area contributed by atoms with Crippen molar-refractivity contribution in [1.29, 1.82) is 0 Å². The summed E-state index contributed by atoms with van der Waals surface area (Å²) in [5, 5.41) is 5.46. The Morgan fingerprint density at radius 1 is 0.810 bits per heavy atom. The molecule has 0 N–H and O–H groups in total. The van der Waals surface area contributed by atoms with Crippen molar-refractivity contribution in [1.82, 2.24) is 0 Å². The smallest absolute Gasteiger partial charge is 0.00603 e. The first kappa shape index (κ1) is 13.9. The van der Waals surface area contributed by atoms with E-state index in [0.717, 1.165) is 6.42 Å². The average molecular weight is 274 g/mol. The fourth-order valence-electron chi connectivity index (χ4n) is 3.29. The minimum atomic E-state index is 1.11. The first-order chi connectivity index (χ1) is 10.2. The monoisotopic (exact) mass is 274 g/mol. The zero-order valence-electron chi connectivity index (χ0n) is 13.3. The summed E-state index contributed by atoms with van der Waals surface area (Å²) in [6.07, 6.45) is 3.46. The molecule has 0 nitrogen and oxygen atoms in total.